The van der Waals surface area contributed by atoms with Crippen LogP contribution < -0.4 is 10.6 Å². The normalized spacial score (nSPS) is 16.9. The number of benzene rings is 1. The van der Waals surface area contributed by atoms with Crippen molar-refractivity contribution in [1.82, 2.24) is 4.90 Å². The van der Waals surface area contributed by atoms with E-state index in [0.717, 1.165) is 24.5 Å². The van der Waals surface area contributed by atoms with Crippen molar-refractivity contribution in [3.8, 4) is 0 Å². The fraction of sp³-hybridized carbons (Fsp3) is 0.556. The van der Waals surface area contributed by atoms with Crippen LogP contribution in [0.2, 0.25) is 0 Å². The van der Waals surface area contributed by atoms with Crippen molar-refractivity contribution in [2.45, 2.75) is 37.9 Å². The second kappa shape index (κ2) is 9.69. The molecule has 1 aliphatic rings. The summed E-state index contributed by atoms with van der Waals surface area (Å²) < 4.78 is 0. The van der Waals surface area contributed by atoms with Gasteiger partial charge < -0.3 is 10.6 Å². The van der Waals surface area contributed by atoms with Crippen molar-refractivity contribution in [3.05, 3.63) is 24.3 Å². The molecule has 1 atom stereocenters. The predicted octanol–water partition coefficient (Wildman–Crippen LogP) is 3.19. The Hall–Kier alpha value is -1.53. The summed E-state index contributed by atoms with van der Waals surface area (Å²) in [7, 11) is 0. The Morgan fingerprint density at radius 2 is 1.58 bits per heavy atom. The molecule has 2 N–H and O–H groups in total. The van der Waals surface area contributed by atoms with Gasteiger partial charge in [0.25, 0.3) is 0 Å². The summed E-state index contributed by atoms with van der Waals surface area (Å²) in [5.74, 6) is 0.00476. The fourth-order valence-corrected chi connectivity index (χ4v) is 2.96. The number of hydrogen-bond donors (Lipinski definition) is 2. The Morgan fingerprint density at radius 3 is 2.12 bits per heavy atom. The Bertz CT molecular complexity index is 540. The molecule has 1 fully saturated rings. The summed E-state index contributed by atoms with van der Waals surface area (Å²) in [5, 5.41) is 5.71. The van der Waals surface area contributed by atoms with E-state index in [9.17, 15) is 9.59 Å². The molecular formula is C18H27N3O2S. The summed E-state index contributed by atoms with van der Waals surface area (Å²) in [5.41, 5.74) is 1.50. The van der Waals surface area contributed by atoms with E-state index in [-0.39, 0.29) is 17.1 Å². The zero-order chi connectivity index (χ0) is 17.4. The molecule has 5 nitrogen and oxygen atoms in total. The Morgan fingerprint density at radius 1 is 1.04 bits per heavy atom. The summed E-state index contributed by atoms with van der Waals surface area (Å²) in [6, 6.07) is 7.26. The van der Waals surface area contributed by atoms with Crippen LogP contribution in [-0.2, 0) is 9.59 Å². The smallest absolute Gasteiger partial charge is 0.238 e. The number of likely N-dealkylation sites (tertiary alicyclic amines) is 1. The third kappa shape index (κ3) is 6.17. The largest absolute Gasteiger partial charge is 0.325 e. The van der Waals surface area contributed by atoms with Gasteiger partial charge in [-0.1, -0.05) is 12.8 Å². The number of nitrogens with one attached hydrogen (secondary N) is 2. The van der Waals surface area contributed by atoms with Crippen molar-refractivity contribution in [2.75, 3.05) is 36.5 Å². The molecule has 0 aliphatic carbocycles. The minimum absolute atomic E-state index is 0.0135. The van der Waals surface area contributed by atoms with E-state index in [0.29, 0.717) is 6.54 Å². The van der Waals surface area contributed by atoms with Gasteiger partial charge in [-0.3, -0.25) is 14.5 Å². The molecular weight excluding hydrogens is 322 g/mol. The van der Waals surface area contributed by atoms with Gasteiger partial charge in [0.1, 0.15) is 0 Å². The lowest BCUT2D eigenvalue weighted by atomic mass is 10.2. The van der Waals surface area contributed by atoms with Crippen LogP contribution in [0.15, 0.2) is 24.3 Å². The lowest BCUT2D eigenvalue weighted by Crippen LogP contribution is -2.33. The molecule has 2 rings (SSSR count). The van der Waals surface area contributed by atoms with Crippen molar-refractivity contribution in [3.63, 3.8) is 0 Å². The first-order valence-corrected chi connectivity index (χ1v) is 9.83. The zero-order valence-electron chi connectivity index (χ0n) is 14.5. The van der Waals surface area contributed by atoms with E-state index in [1.807, 2.05) is 37.4 Å². The number of amides is 2. The molecule has 0 aromatic heterocycles. The maximum atomic E-state index is 12.2. The molecule has 132 valence electrons. The summed E-state index contributed by atoms with van der Waals surface area (Å²) >= 11 is 1.51. The minimum Gasteiger partial charge on any atom is -0.325 e. The summed E-state index contributed by atoms with van der Waals surface area (Å²) in [6.45, 7) is 4.33. The lowest BCUT2D eigenvalue weighted by molar-refractivity contribution is -0.117. The van der Waals surface area contributed by atoms with Crippen molar-refractivity contribution in [1.29, 1.82) is 0 Å². The van der Waals surface area contributed by atoms with Gasteiger partial charge in [0.05, 0.1) is 11.8 Å². The molecule has 1 unspecified atom stereocenters. The zero-order valence-corrected chi connectivity index (χ0v) is 15.3. The van der Waals surface area contributed by atoms with Crippen LogP contribution in [0.1, 0.15) is 32.6 Å². The number of anilines is 2. The van der Waals surface area contributed by atoms with Gasteiger partial charge in [0.2, 0.25) is 11.8 Å². The Kier molecular flexibility index (Phi) is 7.59. The van der Waals surface area contributed by atoms with Gasteiger partial charge in [-0.25, -0.2) is 0 Å². The number of carbonyl (C=O) groups is 2. The molecule has 0 radical (unpaired) electrons. The average molecular weight is 350 g/mol. The van der Waals surface area contributed by atoms with E-state index < -0.39 is 0 Å². The first-order chi connectivity index (χ1) is 11.6. The molecule has 2 amide bonds. The van der Waals surface area contributed by atoms with E-state index in [1.165, 1.54) is 37.4 Å². The van der Waals surface area contributed by atoms with E-state index in [2.05, 4.69) is 15.5 Å². The van der Waals surface area contributed by atoms with Gasteiger partial charge in [-0.05, 0) is 63.4 Å². The molecule has 1 aromatic carbocycles. The highest BCUT2D eigenvalue weighted by Crippen LogP contribution is 2.16. The minimum atomic E-state index is -0.0852. The molecule has 0 saturated carbocycles. The van der Waals surface area contributed by atoms with Crippen LogP contribution in [0.3, 0.4) is 0 Å². The molecule has 6 heteroatoms. The van der Waals surface area contributed by atoms with Gasteiger partial charge >= 0.3 is 0 Å². The van der Waals surface area contributed by atoms with Crippen LogP contribution in [0, 0.1) is 0 Å². The SMILES string of the molecule is CSC(C)C(=O)Nc1ccc(NC(=O)CN2CCCCCC2)cc1. The highest BCUT2D eigenvalue weighted by atomic mass is 32.2. The second-order valence-corrected chi connectivity index (χ2v) is 7.36. The van der Waals surface area contributed by atoms with E-state index >= 15 is 0 Å². The van der Waals surface area contributed by atoms with Gasteiger partial charge in [0.15, 0.2) is 0 Å². The lowest BCUT2D eigenvalue weighted by Gasteiger charge is -2.19. The molecule has 0 spiro atoms. The number of nitrogens with zero attached hydrogens (tertiary/aromatic N) is 1. The molecule has 1 aliphatic heterocycles. The predicted molar refractivity (Wildman–Crippen MR) is 102 cm³/mol. The van der Waals surface area contributed by atoms with Crippen LogP contribution in [0.25, 0.3) is 0 Å². The van der Waals surface area contributed by atoms with Crippen LogP contribution >= 0.6 is 11.8 Å². The molecule has 1 aromatic rings. The Labute approximate surface area is 148 Å². The molecule has 1 heterocycles. The molecule has 0 bridgehead atoms. The van der Waals surface area contributed by atoms with Crippen LogP contribution in [0.5, 0.6) is 0 Å². The maximum absolute atomic E-state index is 12.2. The van der Waals surface area contributed by atoms with E-state index in [4.69, 9.17) is 0 Å². The monoisotopic (exact) mass is 349 g/mol. The first-order valence-electron chi connectivity index (χ1n) is 8.54. The number of thioether (sulfide) groups is 1. The van der Waals surface area contributed by atoms with Crippen LogP contribution in [0.4, 0.5) is 11.4 Å². The quantitative estimate of drug-likeness (QED) is 0.828. The summed E-state index contributed by atoms with van der Waals surface area (Å²) in [6.07, 6.45) is 6.79. The third-order valence-corrected chi connectivity index (χ3v) is 5.15. The third-order valence-electron chi connectivity index (χ3n) is 4.22. The maximum Gasteiger partial charge on any atom is 0.238 e. The topological polar surface area (TPSA) is 61.4 Å². The van der Waals surface area contributed by atoms with Crippen molar-refractivity contribution >= 4 is 35.0 Å². The van der Waals surface area contributed by atoms with Crippen LogP contribution in [-0.4, -0.2) is 47.9 Å². The van der Waals surface area contributed by atoms with Crippen molar-refractivity contribution in [2.24, 2.45) is 0 Å². The van der Waals surface area contributed by atoms with Gasteiger partial charge in [-0.2, -0.15) is 11.8 Å². The average Bonchev–Trinajstić information content (AvgIpc) is 2.84. The second-order valence-electron chi connectivity index (χ2n) is 6.18. The molecule has 24 heavy (non-hydrogen) atoms. The molecule has 1 saturated heterocycles. The highest BCUT2D eigenvalue weighted by Gasteiger charge is 2.13. The number of hydrogen-bond acceptors (Lipinski definition) is 4. The number of carbonyl (C=O) groups excluding carboxylic acids is 2. The van der Waals surface area contributed by atoms with E-state index in [1.54, 1.807) is 0 Å². The van der Waals surface area contributed by atoms with Gasteiger partial charge in [-0.15, -0.1) is 0 Å². The number of rotatable bonds is 6. The summed E-state index contributed by atoms with van der Waals surface area (Å²) in [4.78, 5) is 26.2. The Balaban J connectivity index is 1.82. The highest BCUT2D eigenvalue weighted by molar-refractivity contribution is 7.99. The van der Waals surface area contributed by atoms with Crippen molar-refractivity contribution < 1.29 is 9.59 Å². The first kappa shape index (κ1) is 18.8. The fourth-order valence-electron chi connectivity index (χ4n) is 2.69. The standard InChI is InChI=1S/C18H27N3O2S/c1-14(24-2)18(23)20-16-9-7-15(8-10-16)19-17(22)13-21-11-5-3-4-6-12-21/h7-10,14H,3-6,11-13H2,1-2H3,(H,19,22)(H,20,23). The van der Waals surface area contributed by atoms with Gasteiger partial charge in [0, 0.05) is 11.4 Å².